The number of hydrogen-bond donors (Lipinski definition) is 0. The Hall–Kier alpha value is -1.54. The second kappa shape index (κ2) is 4.76. The minimum Gasteiger partial charge on any atom is -0.489 e. The Labute approximate surface area is 101 Å². The fraction of sp³-hybridized carbons (Fsp3) is 0.417. The molecule has 1 atom stereocenters. The van der Waals surface area contributed by atoms with E-state index in [9.17, 15) is 8.42 Å². The summed E-state index contributed by atoms with van der Waals surface area (Å²) in [6.07, 6.45) is 0.696. The Bertz CT molecular complexity index is 528. The molecule has 5 heteroatoms. The first-order valence-electron chi connectivity index (χ1n) is 5.42. The average molecular weight is 251 g/mol. The Balaban J connectivity index is 1.98. The van der Waals surface area contributed by atoms with E-state index in [2.05, 4.69) is 6.07 Å². The van der Waals surface area contributed by atoms with Gasteiger partial charge in [-0.25, -0.2) is 8.42 Å². The summed E-state index contributed by atoms with van der Waals surface area (Å²) < 4.78 is 28.1. The number of ether oxygens (including phenoxy) is 1. The van der Waals surface area contributed by atoms with Gasteiger partial charge in [-0.1, -0.05) is 12.1 Å². The summed E-state index contributed by atoms with van der Waals surface area (Å²) in [6.45, 7) is 0. The van der Waals surface area contributed by atoms with Gasteiger partial charge in [-0.2, -0.15) is 5.26 Å². The van der Waals surface area contributed by atoms with Crippen molar-refractivity contribution in [1.82, 2.24) is 0 Å². The van der Waals surface area contributed by atoms with E-state index >= 15 is 0 Å². The molecule has 0 aromatic heterocycles. The maximum Gasteiger partial charge on any atom is 0.154 e. The highest BCUT2D eigenvalue weighted by atomic mass is 32.2. The van der Waals surface area contributed by atoms with Gasteiger partial charge < -0.3 is 4.74 Å². The molecule has 1 fully saturated rings. The highest BCUT2D eigenvalue weighted by Gasteiger charge is 2.29. The number of hydrogen-bond acceptors (Lipinski definition) is 4. The van der Waals surface area contributed by atoms with E-state index in [0.29, 0.717) is 18.6 Å². The summed E-state index contributed by atoms with van der Waals surface area (Å²) in [5.74, 6) is 0.978. The second-order valence-electron chi connectivity index (χ2n) is 4.12. The van der Waals surface area contributed by atoms with Crippen LogP contribution in [0.1, 0.15) is 12.0 Å². The van der Waals surface area contributed by atoms with Crippen LogP contribution < -0.4 is 4.74 Å². The van der Waals surface area contributed by atoms with Crippen LogP contribution in [0.4, 0.5) is 0 Å². The molecule has 1 aliphatic heterocycles. The Morgan fingerprint density at radius 1 is 1.35 bits per heavy atom. The van der Waals surface area contributed by atoms with Crippen LogP contribution >= 0.6 is 0 Å². The van der Waals surface area contributed by atoms with Crippen LogP contribution in [0.25, 0.3) is 0 Å². The smallest absolute Gasteiger partial charge is 0.154 e. The monoisotopic (exact) mass is 251 g/mol. The third-order valence-electron chi connectivity index (χ3n) is 2.70. The van der Waals surface area contributed by atoms with Crippen molar-refractivity contribution in [3.63, 3.8) is 0 Å². The summed E-state index contributed by atoms with van der Waals surface area (Å²) in [7, 11) is -2.90. The normalized spacial score (nSPS) is 21.9. The zero-order valence-corrected chi connectivity index (χ0v) is 10.1. The van der Waals surface area contributed by atoms with Crippen molar-refractivity contribution in [3.8, 4) is 11.8 Å². The number of nitriles is 1. The maximum atomic E-state index is 11.3. The summed E-state index contributed by atoms with van der Waals surface area (Å²) >= 11 is 0. The van der Waals surface area contributed by atoms with Crippen LogP contribution in [0, 0.1) is 11.3 Å². The molecule has 1 aromatic rings. The quantitative estimate of drug-likeness (QED) is 0.812. The number of benzene rings is 1. The van der Waals surface area contributed by atoms with E-state index in [4.69, 9.17) is 10.00 Å². The summed E-state index contributed by atoms with van der Waals surface area (Å²) in [5, 5.41) is 8.53. The van der Waals surface area contributed by atoms with Crippen LogP contribution in [0.2, 0.25) is 0 Å². The van der Waals surface area contributed by atoms with Gasteiger partial charge in [-0.05, 0) is 24.1 Å². The van der Waals surface area contributed by atoms with Crippen LogP contribution in [0.5, 0.6) is 5.75 Å². The van der Waals surface area contributed by atoms with Crippen molar-refractivity contribution in [3.05, 3.63) is 29.8 Å². The lowest BCUT2D eigenvalue weighted by molar-refractivity contribution is 0.229. The second-order valence-corrected chi connectivity index (χ2v) is 6.35. The Morgan fingerprint density at radius 2 is 2.06 bits per heavy atom. The highest BCUT2D eigenvalue weighted by molar-refractivity contribution is 7.91. The molecule has 17 heavy (non-hydrogen) atoms. The molecule has 0 spiro atoms. The fourth-order valence-corrected chi connectivity index (χ4v) is 3.41. The predicted octanol–water partition coefficient (Wildman–Crippen LogP) is 1.32. The molecule has 90 valence electrons. The van der Waals surface area contributed by atoms with E-state index < -0.39 is 9.84 Å². The third kappa shape index (κ3) is 3.21. The molecule has 1 unspecified atom stereocenters. The lowest BCUT2D eigenvalue weighted by atomic mass is 10.1. The molecule has 0 radical (unpaired) electrons. The highest BCUT2D eigenvalue weighted by Crippen LogP contribution is 2.20. The molecule has 0 bridgehead atoms. The third-order valence-corrected chi connectivity index (χ3v) is 4.44. The van der Waals surface area contributed by atoms with Crippen LogP contribution in [-0.4, -0.2) is 26.0 Å². The first kappa shape index (κ1) is 11.9. The average Bonchev–Trinajstić information content (AvgIpc) is 2.61. The lowest BCUT2D eigenvalue weighted by Crippen LogP contribution is -2.17. The predicted molar refractivity (Wildman–Crippen MR) is 63.4 cm³/mol. The van der Waals surface area contributed by atoms with E-state index in [-0.39, 0.29) is 17.6 Å². The number of nitrogens with zero attached hydrogens (tertiary/aromatic N) is 1. The largest absolute Gasteiger partial charge is 0.489 e. The van der Waals surface area contributed by atoms with E-state index in [1.54, 1.807) is 12.1 Å². The zero-order valence-electron chi connectivity index (χ0n) is 9.30. The van der Waals surface area contributed by atoms with Gasteiger partial charge in [0.25, 0.3) is 0 Å². The van der Waals surface area contributed by atoms with Crippen molar-refractivity contribution >= 4 is 9.84 Å². The molecule has 0 amide bonds. The number of sulfone groups is 1. The van der Waals surface area contributed by atoms with Gasteiger partial charge in [0.15, 0.2) is 9.84 Å². The van der Waals surface area contributed by atoms with Gasteiger partial charge in [-0.3, -0.25) is 0 Å². The molecule has 1 aliphatic rings. The maximum absolute atomic E-state index is 11.3. The first-order chi connectivity index (χ1) is 8.09. The van der Waals surface area contributed by atoms with Crippen molar-refractivity contribution in [1.29, 1.82) is 5.26 Å². The Morgan fingerprint density at radius 3 is 2.59 bits per heavy atom. The standard InChI is InChI=1S/C12H13NO3S/c13-7-5-10-1-3-11(4-2-10)16-12-6-8-17(14,15)9-12/h1-4,12H,5-6,8-9H2. The Kier molecular flexibility index (Phi) is 3.34. The minimum absolute atomic E-state index is 0.104. The zero-order chi connectivity index (χ0) is 12.3. The lowest BCUT2D eigenvalue weighted by Gasteiger charge is -2.11. The van der Waals surface area contributed by atoms with Gasteiger partial charge in [0.1, 0.15) is 11.9 Å². The molecule has 0 aliphatic carbocycles. The summed E-state index contributed by atoms with van der Waals surface area (Å²) in [6, 6.07) is 9.26. The molecule has 1 heterocycles. The van der Waals surface area contributed by atoms with E-state index in [1.807, 2.05) is 12.1 Å². The minimum atomic E-state index is -2.90. The molecular weight excluding hydrogens is 238 g/mol. The van der Waals surface area contributed by atoms with Gasteiger partial charge >= 0.3 is 0 Å². The summed E-state index contributed by atoms with van der Waals surface area (Å²) in [5.41, 5.74) is 0.930. The van der Waals surface area contributed by atoms with Gasteiger partial charge in [0, 0.05) is 0 Å². The molecule has 0 saturated carbocycles. The molecular formula is C12H13NO3S. The molecule has 0 N–H and O–H groups in total. The molecule has 2 rings (SSSR count). The van der Waals surface area contributed by atoms with E-state index in [0.717, 1.165) is 5.56 Å². The van der Waals surface area contributed by atoms with Gasteiger partial charge in [0.2, 0.25) is 0 Å². The van der Waals surface area contributed by atoms with Crippen molar-refractivity contribution in [2.45, 2.75) is 18.9 Å². The van der Waals surface area contributed by atoms with Crippen molar-refractivity contribution in [2.24, 2.45) is 0 Å². The van der Waals surface area contributed by atoms with Crippen LogP contribution in [0.3, 0.4) is 0 Å². The van der Waals surface area contributed by atoms with Crippen LogP contribution in [0.15, 0.2) is 24.3 Å². The fourth-order valence-electron chi connectivity index (χ4n) is 1.82. The molecule has 4 nitrogen and oxygen atoms in total. The molecule has 1 aromatic carbocycles. The van der Waals surface area contributed by atoms with Gasteiger partial charge in [0.05, 0.1) is 24.0 Å². The van der Waals surface area contributed by atoms with Gasteiger partial charge in [-0.15, -0.1) is 0 Å². The van der Waals surface area contributed by atoms with Crippen LogP contribution in [-0.2, 0) is 16.3 Å². The van der Waals surface area contributed by atoms with Crippen molar-refractivity contribution < 1.29 is 13.2 Å². The van der Waals surface area contributed by atoms with E-state index in [1.165, 1.54) is 0 Å². The first-order valence-corrected chi connectivity index (χ1v) is 7.24. The summed E-state index contributed by atoms with van der Waals surface area (Å²) in [4.78, 5) is 0. The SMILES string of the molecule is N#CCc1ccc(OC2CCS(=O)(=O)C2)cc1. The van der Waals surface area contributed by atoms with Crippen molar-refractivity contribution in [2.75, 3.05) is 11.5 Å². The molecule has 1 saturated heterocycles. The topological polar surface area (TPSA) is 67.2 Å². The number of rotatable bonds is 3.